The number of rotatable bonds is 3. The molecule has 0 radical (unpaired) electrons. The number of halogens is 2. The molecule has 2 rings (SSSR count). The van der Waals surface area contributed by atoms with E-state index in [-0.39, 0.29) is 11.9 Å². The van der Waals surface area contributed by atoms with Crippen molar-refractivity contribution in [3.8, 4) is 0 Å². The van der Waals surface area contributed by atoms with Crippen LogP contribution in [0.4, 0.5) is 0 Å². The van der Waals surface area contributed by atoms with Crippen molar-refractivity contribution >= 4 is 37.8 Å². The molecule has 0 aliphatic heterocycles. The first-order valence-electron chi connectivity index (χ1n) is 5.75. The van der Waals surface area contributed by atoms with Gasteiger partial charge in [0.15, 0.2) is 0 Å². The van der Waals surface area contributed by atoms with Crippen LogP contribution in [0.25, 0.3) is 0 Å². The maximum absolute atomic E-state index is 12.0. The largest absolute Gasteiger partial charge is 0.344 e. The van der Waals surface area contributed by atoms with Gasteiger partial charge in [0.25, 0.3) is 5.91 Å². The number of nitrogens with zero attached hydrogens (tertiary/aromatic N) is 1. The number of pyridine rings is 1. The van der Waals surface area contributed by atoms with Crippen LogP contribution in [-0.4, -0.2) is 10.9 Å². The zero-order chi connectivity index (χ0) is 13.8. The lowest BCUT2D eigenvalue weighted by molar-refractivity contribution is 0.0934. The fraction of sp³-hybridized carbons (Fsp3) is 0.143. The number of hydrogen-bond donors (Lipinski definition) is 1. The number of amides is 1. The van der Waals surface area contributed by atoms with Crippen LogP contribution < -0.4 is 5.32 Å². The Hall–Kier alpha value is -1.20. The van der Waals surface area contributed by atoms with Crippen LogP contribution in [0.2, 0.25) is 0 Å². The lowest BCUT2D eigenvalue weighted by Gasteiger charge is -2.14. The summed E-state index contributed by atoms with van der Waals surface area (Å²) in [7, 11) is 0. The van der Waals surface area contributed by atoms with E-state index in [9.17, 15) is 4.79 Å². The summed E-state index contributed by atoms with van der Waals surface area (Å²) >= 11 is 6.64. The van der Waals surface area contributed by atoms with Gasteiger partial charge in [0, 0.05) is 4.47 Å². The summed E-state index contributed by atoms with van der Waals surface area (Å²) in [6, 6.07) is 13.1. The van der Waals surface area contributed by atoms with Gasteiger partial charge in [-0.1, -0.05) is 34.1 Å². The molecule has 1 amide bonds. The van der Waals surface area contributed by atoms with Crippen LogP contribution in [0, 0.1) is 0 Å². The van der Waals surface area contributed by atoms with Gasteiger partial charge in [0.05, 0.1) is 6.04 Å². The molecule has 0 spiro atoms. The van der Waals surface area contributed by atoms with E-state index < -0.39 is 0 Å². The molecule has 0 fully saturated rings. The standard InChI is InChI=1S/C14H12Br2N2O/c1-9(10-5-7-11(15)8-6-10)17-14(19)12-3-2-4-13(16)18-12/h2-9H,1H3,(H,17,19)/t9-/m1/s1. The lowest BCUT2D eigenvalue weighted by atomic mass is 10.1. The molecule has 0 aliphatic carbocycles. The molecule has 0 bridgehead atoms. The molecule has 1 aromatic heterocycles. The van der Waals surface area contributed by atoms with Crippen LogP contribution in [-0.2, 0) is 0 Å². The Morgan fingerprint density at radius 3 is 2.47 bits per heavy atom. The van der Waals surface area contributed by atoms with E-state index in [0.29, 0.717) is 10.3 Å². The summed E-state index contributed by atoms with van der Waals surface area (Å²) in [5.74, 6) is -0.184. The molecule has 0 unspecified atom stereocenters. The molecular weight excluding hydrogens is 372 g/mol. The second-order valence-corrected chi connectivity index (χ2v) is 5.82. The maximum atomic E-state index is 12.0. The van der Waals surface area contributed by atoms with Crippen molar-refractivity contribution in [1.29, 1.82) is 0 Å². The number of nitrogens with one attached hydrogen (secondary N) is 1. The molecule has 0 aliphatic rings. The molecule has 3 nitrogen and oxygen atoms in total. The van der Waals surface area contributed by atoms with E-state index in [1.807, 2.05) is 31.2 Å². The van der Waals surface area contributed by atoms with Crippen molar-refractivity contribution in [3.63, 3.8) is 0 Å². The Morgan fingerprint density at radius 1 is 1.16 bits per heavy atom. The van der Waals surface area contributed by atoms with E-state index in [1.54, 1.807) is 18.2 Å². The summed E-state index contributed by atoms with van der Waals surface area (Å²) < 4.78 is 1.67. The van der Waals surface area contributed by atoms with Gasteiger partial charge in [-0.05, 0) is 52.7 Å². The van der Waals surface area contributed by atoms with Crippen LogP contribution in [0.3, 0.4) is 0 Å². The minimum atomic E-state index is -0.184. The Bertz CT molecular complexity index is 584. The second kappa shape index (κ2) is 6.30. The molecule has 0 saturated heterocycles. The van der Waals surface area contributed by atoms with Gasteiger partial charge in [-0.25, -0.2) is 4.98 Å². The molecule has 1 N–H and O–H groups in total. The predicted octanol–water partition coefficient (Wildman–Crippen LogP) is 4.10. The van der Waals surface area contributed by atoms with Crippen LogP contribution in [0.5, 0.6) is 0 Å². The fourth-order valence-corrected chi connectivity index (χ4v) is 2.25. The van der Waals surface area contributed by atoms with Crippen molar-refractivity contribution in [2.75, 3.05) is 0 Å². The number of benzene rings is 1. The quantitative estimate of drug-likeness (QED) is 0.810. The summed E-state index contributed by atoms with van der Waals surface area (Å²) in [6.45, 7) is 1.94. The minimum absolute atomic E-state index is 0.0682. The Morgan fingerprint density at radius 2 is 1.84 bits per heavy atom. The molecule has 5 heteroatoms. The normalized spacial score (nSPS) is 11.9. The number of carbonyl (C=O) groups excluding carboxylic acids is 1. The van der Waals surface area contributed by atoms with Gasteiger partial charge in [-0.15, -0.1) is 0 Å². The summed E-state index contributed by atoms with van der Waals surface area (Å²) in [4.78, 5) is 16.2. The third-order valence-electron chi connectivity index (χ3n) is 2.67. The Labute approximate surface area is 128 Å². The van der Waals surface area contributed by atoms with E-state index in [2.05, 4.69) is 42.2 Å². The van der Waals surface area contributed by atoms with Crippen LogP contribution >= 0.6 is 31.9 Å². The fourth-order valence-electron chi connectivity index (χ4n) is 1.64. The summed E-state index contributed by atoms with van der Waals surface area (Å²) in [5.41, 5.74) is 1.45. The lowest BCUT2D eigenvalue weighted by Crippen LogP contribution is -2.27. The number of aromatic nitrogens is 1. The third kappa shape index (κ3) is 3.88. The zero-order valence-corrected chi connectivity index (χ0v) is 13.4. The SMILES string of the molecule is C[C@@H](NC(=O)c1cccc(Br)n1)c1ccc(Br)cc1. The van der Waals surface area contributed by atoms with E-state index in [0.717, 1.165) is 10.0 Å². The van der Waals surface area contributed by atoms with Gasteiger partial charge in [-0.2, -0.15) is 0 Å². The van der Waals surface area contributed by atoms with E-state index in [1.165, 1.54) is 0 Å². The Kier molecular flexibility index (Phi) is 4.71. The first-order valence-corrected chi connectivity index (χ1v) is 7.34. The van der Waals surface area contributed by atoms with Gasteiger partial charge in [0.1, 0.15) is 10.3 Å². The van der Waals surface area contributed by atoms with Crippen molar-refractivity contribution in [2.45, 2.75) is 13.0 Å². The monoisotopic (exact) mass is 382 g/mol. The van der Waals surface area contributed by atoms with Crippen molar-refractivity contribution in [3.05, 3.63) is 62.8 Å². The number of hydrogen-bond acceptors (Lipinski definition) is 2. The smallest absolute Gasteiger partial charge is 0.270 e. The molecular formula is C14H12Br2N2O. The average Bonchev–Trinajstić information content (AvgIpc) is 2.39. The first kappa shape index (κ1) is 14.2. The average molecular weight is 384 g/mol. The van der Waals surface area contributed by atoms with Crippen molar-refractivity contribution in [2.24, 2.45) is 0 Å². The predicted molar refractivity (Wildman–Crippen MR) is 82.0 cm³/mol. The van der Waals surface area contributed by atoms with Gasteiger partial charge < -0.3 is 5.32 Å². The number of carbonyl (C=O) groups is 1. The van der Waals surface area contributed by atoms with Crippen LogP contribution in [0.1, 0.15) is 29.0 Å². The Balaban J connectivity index is 2.08. The molecule has 98 valence electrons. The molecule has 19 heavy (non-hydrogen) atoms. The summed E-state index contributed by atoms with van der Waals surface area (Å²) in [6.07, 6.45) is 0. The minimum Gasteiger partial charge on any atom is -0.344 e. The maximum Gasteiger partial charge on any atom is 0.270 e. The second-order valence-electron chi connectivity index (χ2n) is 4.09. The van der Waals surface area contributed by atoms with E-state index >= 15 is 0 Å². The molecule has 0 saturated carbocycles. The molecule has 1 heterocycles. The van der Waals surface area contributed by atoms with Gasteiger partial charge >= 0.3 is 0 Å². The highest BCUT2D eigenvalue weighted by atomic mass is 79.9. The van der Waals surface area contributed by atoms with Gasteiger partial charge in [0.2, 0.25) is 0 Å². The van der Waals surface area contributed by atoms with Crippen LogP contribution in [0.15, 0.2) is 51.5 Å². The van der Waals surface area contributed by atoms with Crippen molar-refractivity contribution < 1.29 is 4.79 Å². The zero-order valence-electron chi connectivity index (χ0n) is 10.2. The van der Waals surface area contributed by atoms with Crippen molar-refractivity contribution in [1.82, 2.24) is 10.3 Å². The third-order valence-corrected chi connectivity index (χ3v) is 3.64. The highest BCUT2D eigenvalue weighted by Crippen LogP contribution is 2.17. The topological polar surface area (TPSA) is 42.0 Å². The molecule has 1 atom stereocenters. The molecule has 1 aromatic carbocycles. The highest BCUT2D eigenvalue weighted by molar-refractivity contribution is 9.10. The molecule has 2 aromatic rings. The summed E-state index contributed by atoms with van der Waals surface area (Å²) in [5, 5.41) is 2.92. The highest BCUT2D eigenvalue weighted by Gasteiger charge is 2.12. The van der Waals surface area contributed by atoms with E-state index in [4.69, 9.17) is 0 Å². The van der Waals surface area contributed by atoms with Gasteiger partial charge in [-0.3, -0.25) is 4.79 Å². The first-order chi connectivity index (χ1) is 9.06.